The van der Waals surface area contributed by atoms with Crippen LogP contribution in [0.2, 0.25) is 5.02 Å². The molecule has 2 aromatic heterocycles. The van der Waals surface area contributed by atoms with Crippen molar-refractivity contribution in [1.29, 1.82) is 0 Å². The third-order valence-corrected chi connectivity index (χ3v) is 3.52. The number of furan rings is 1. The molecule has 2 aromatic rings. The van der Waals surface area contributed by atoms with Gasteiger partial charge in [0.1, 0.15) is 5.76 Å². The van der Waals surface area contributed by atoms with E-state index < -0.39 is 0 Å². The first-order valence-electron chi connectivity index (χ1n) is 4.95. The molecule has 0 aliphatic heterocycles. The van der Waals surface area contributed by atoms with Gasteiger partial charge >= 0.3 is 0 Å². The van der Waals surface area contributed by atoms with E-state index in [-0.39, 0.29) is 4.83 Å². The first-order chi connectivity index (χ1) is 7.68. The average molecular weight is 301 g/mol. The number of hydrogen-bond donors (Lipinski definition) is 0. The van der Waals surface area contributed by atoms with E-state index in [0.717, 1.165) is 23.3 Å². The predicted octanol–water partition coefficient (Wildman–Crippen LogP) is 4.32. The molecule has 84 valence electrons. The van der Waals surface area contributed by atoms with Crippen LogP contribution in [0.15, 0.2) is 35.2 Å². The highest BCUT2D eigenvalue weighted by Crippen LogP contribution is 2.31. The summed E-state index contributed by atoms with van der Waals surface area (Å²) in [6.07, 6.45) is 5.89. The van der Waals surface area contributed by atoms with Crippen LogP contribution in [0.1, 0.15) is 21.7 Å². The standard InChI is InChI=1S/C12H11BrClNO/c1-8-3-5-16-12(8)10(13)6-9-2-4-15-7-11(9)14/h2-5,7,10H,6H2,1H3. The SMILES string of the molecule is Cc1ccoc1C(Br)Cc1ccncc1Cl. The third-order valence-electron chi connectivity index (χ3n) is 2.44. The summed E-state index contributed by atoms with van der Waals surface area (Å²) >= 11 is 9.67. The molecular formula is C12H11BrClNO. The van der Waals surface area contributed by atoms with Crippen molar-refractivity contribution < 1.29 is 4.42 Å². The Hall–Kier alpha value is -0.800. The van der Waals surface area contributed by atoms with Crippen molar-refractivity contribution in [2.24, 2.45) is 0 Å². The van der Waals surface area contributed by atoms with Gasteiger partial charge in [-0.3, -0.25) is 4.98 Å². The molecule has 2 nitrogen and oxygen atoms in total. The third kappa shape index (κ3) is 2.47. The van der Waals surface area contributed by atoms with E-state index in [1.807, 2.05) is 19.1 Å². The predicted molar refractivity (Wildman–Crippen MR) is 68.1 cm³/mol. The van der Waals surface area contributed by atoms with Gasteiger partial charge < -0.3 is 4.42 Å². The molecule has 0 N–H and O–H groups in total. The quantitative estimate of drug-likeness (QED) is 0.789. The van der Waals surface area contributed by atoms with Gasteiger partial charge in [-0.1, -0.05) is 27.5 Å². The molecule has 0 saturated heterocycles. The number of pyridine rings is 1. The molecule has 0 fully saturated rings. The van der Waals surface area contributed by atoms with Crippen LogP contribution in [0, 0.1) is 6.92 Å². The van der Waals surface area contributed by atoms with Crippen LogP contribution in [0.4, 0.5) is 0 Å². The second kappa shape index (κ2) is 5.02. The number of hydrogen-bond acceptors (Lipinski definition) is 2. The summed E-state index contributed by atoms with van der Waals surface area (Å²) in [6, 6.07) is 3.88. The molecule has 4 heteroatoms. The Labute approximate surface area is 108 Å². The fraction of sp³-hybridized carbons (Fsp3) is 0.250. The van der Waals surface area contributed by atoms with E-state index in [1.54, 1.807) is 18.7 Å². The van der Waals surface area contributed by atoms with E-state index in [4.69, 9.17) is 16.0 Å². The molecule has 0 saturated carbocycles. The van der Waals surface area contributed by atoms with Crippen LogP contribution < -0.4 is 0 Å². The van der Waals surface area contributed by atoms with Gasteiger partial charge in [0, 0.05) is 12.4 Å². The molecule has 16 heavy (non-hydrogen) atoms. The fourth-order valence-electron chi connectivity index (χ4n) is 1.56. The molecule has 0 aliphatic rings. The van der Waals surface area contributed by atoms with Crippen LogP contribution in [-0.4, -0.2) is 4.98 Å². The number of rotatable bonds is 3. The highest BCUT2D eigenvalue weighted by atomic mass is 79.9. The van der Waals surface area contributed by atoms with Gasteiger partial charge in [-0.05, 0) is 36.6 Å². The largest absolute Gasteiger partial charge is 0.468 e. The van der Waals surface area contributed by atoms with Crippen molar-refractivity contribution in [1.82, 2.24) is 4.98 Å². The molecular weight excluding hydrogens is 289 g/mol. The van der Waals surface area contributed by atoms with Crippen LogP contribution in [0.5, 0.6) is 0 Å². The topological polar surface area (TPSA) is 26.0 Å². The number of nitrogens with zero attached hydrogens (tertiary/aromatic N) is 1. The summed E-state index contributed by atoms with van der Waals surface area (Å²) in [5, 5.41) is 0.691. The summed E-state index contributed by atoms with van der Waals surface area (Å²) in [7, 11) is 0. The molecule has 0 aliphatic carbocycles. The van der Waals surface area contributed by atoms with Crippen LogP contribution in [-0.2, 0) is 6.42 Å². The zero-order chi connectivity index (χ0) is 11.5. The Morgan fingerprint density at radius 3 is 2.94 bits per heavy atom. The van der Waals surface area contributed by atoms with Gasteiger partial charge in [-0.25, -0.2) is 0 Å². The second-order valence-corrected chi connectivity index (χ2v) is 5.12. The summed E-state index contributed by atoms with van der Waals surface area (Å²) < 4.78 is 5.43. The first kappa shape index (κ1) is 11.7. The monoisotopic (exact) mass is 299 g/mol. The first-order valence-corrected chi connectivity index (χ1v) is 6.24. The Bertz CT molecular complexity index is 483. The molecule has 1 atom stereocenters. The van der Waals surface area contributed by atoms with Crippen molar-refractivity contribution in [2.45, 2.75) is 18.2 Å². The minimum Gasteiger partial charge on any atom is -0.468 e. The smallest absolute Gasteiger partial charge is 0.120 e. The van der Waals surface area contributed by atoms with Gasteiger partial charge in [0.2, 0.25) is 0 Å². The number of alkyl halides is 1. The zero-order valence-corrected chi connectivity index (χ0v) is 11.1. The number of halogens is 2. The highest BCUT2D eigenvalue weighted by Gasteiger charge is 2.15. The fourth-order valence-corrected chi connectivity index (χ4v) is 2.57. The van der Waals surface area contributed by atoms with Gasteiger partial charge in [-0.15, -0.1) is 0 Å². The summed E-state index contributed by atoms with van der Waals surface area (Å²) in [5.41, 5.74) is 2.21. The van der Waals surface area contributed by atoms with Crippen molar-refractivity contribution >= 4 is 27.5 Å². The van der Waals surface area contributed by atoms with Crippen molar-refractivity contribution in [3.8, 4) is 0 Å². The lowest BCUT2D eigenvalue weighted by atomic mass is 10.1. The number of aromatic nitrogens is 1. The Balaban J connectivity index is 2.17. The molecule has 2 heterocycles. The molecule has 2 rings (SSSR count). The summed E-state index contributed by atoms with van der Waals surface area (Å²) in [5.74, 6) is 0.952. The Morgan fingerprint density at radius 1 is 1.50 bits per heavy atom. The molecule has 1 unspecified atom stereocenters. The lowest BCUT2D eigenvalue weighted by molar-refractivity contribution is 0.504. The average Bonchev–Trinajstić information content (AvgIpc) is 2.68. The maximum absolute atomic E-state index is 6.06. The zero-order valence-electron chi connectivity index (χ0n) is 8.78. The van der Waals surface area contributed by atoms with E-state index in [0.29, 0.717) is 5.02 Å². The highest BCUT2D eigenvalue weighted by molar-refractivity contribution is 9.09. The summed E-state index contributed by atoms with van der Waals surface area (Å²) in [4.78, 5) is 4.10. The van der Waals surface area contributed by atoms with E-state index in [1.165, 1.54) is 0 Å². The molecule has 0 bridgehead atoms. The summed E-state index contributed by atoms with van der Waals surface area (Å²) in [6.45, 7) is 2.03. The van der Waals surface area contributed by atoms with Crippen LogP contribution in [0.3, 0.4) is 0 Å². The van der Waals surface area contributed by atoms with Crippen LogP contribution >= 0.6 is 27.5 Å². The molecule has 0 radical (unpaired) electrons. The molecule has 0 spiro atoms. The van der Waals surface area contributed by atoms with E-state index in [9.17, 15) is 0 Å². The maximum atomic E-state index is 6.06. The minimum atomic E-state index is 0.141. The Kier molecular flexibility index (Phi) is 3.66. The van der Waals surface area contributed by atoms with Gasteiger partial charge in [0.15, 0.2) is 0 Å². The lowest BCUT2D eigenvalue weighted by Gasteiger charge is -2.09. The molecule has 0 amide bonds. The van der Waals surface area contributed by atoms with E-state index >= 15 is 0 Å². The normalized spacial score (nSPS) is 12.7. The van der Waals surface area contributed by atoms with E-state index in [2.05, 4.69) is 20.9 Å². The molecule has 0 aromatic carbocycles. The maximum Gasteiger partial charge on any atom is 0.120 e. The van der Waals surface area contributed by atoms with Gasteiger partial charge in [0.25, 0.3) is 0 Å². The lowest BCUT2D eigenvalue weighted by Crippen LogP contribution is -1.96. The van der Waals surface area contributed by atoms with Crippen molar-refractivity contribution in [3.63, 3.8) is 0 Å². The van der Waals surface area contributed by atoms with Crippen LogP contribution in [0.25, 0.3) is 0 Å². The van der Waals surface area contributed by atoms with Crippen molar-refractivity contribution in [2.75, 3.05) is 0 Å². The van der Waals surface area contributed by atoms with Crippen molar-refractivity contribution in [3.05, 3.63) is 52.7 Å². The Morgan fingerprint density at radius 2 is 2.31 bits per heavy atom. The minimum absolute atomic E-state index is 0.141. The van der Waals surface area contributed by atoms with Gasteiger partial charge in [0.05, 0.1) is 16.1 Å². The van der Waals surface area contributed by atoms with Gasteiger partial charge in [-0.2, -0.15) is 0 Å². The second-order valence-electron chi connectivity index (χ2n) is 3.61. The number of aryl methyl sites for hydroxylation is 1.